The van der Waals surface area contributed by atoms with Crippen molar-refractivity contribution < 1.29 is 19.0 Å². The van der Waals surface area contributed by atoms with Gasteiger partial charge in [0.15, 0.2) is 5.78 Å². The van der Waals surface area contributed by atoms with Crippen molar-refractivity contribution in [1.29, 1.82) is 0 Å². The van der Waals surface area contributed by atoms with E-state index in [1.807, 2.05) is 6.92 Å². The standard InChI is InChI=1S/C8H14O4/c1-2-10-5-7(9)8-6-11-3-4-12-8/h8H,2-6H2,1H3. The van der Waals surface area contributed by atoms with Crippen LogP contribution in [0.4, 0.5) is 0 Å². The second kappa shape index (κ2) is 5.24. The summed E-state index contributed by atoms with van der Waals surface area (Å²) in [5.74, 6) is -0.0310. The molecule has 1 saturated heterocycles. The van der Waals surface area contributed by atoms with Crippen LogP contribution in [0.3, 0.4) is 0 Å². The second-order valence-corrected chi connectivity index (χ2v) is 2.54. The Morgan fingerprint density at radius 1 is 1.58 bits per heavy atom. The zero-order chi connectivity index (χ0) is 8.81. The Hall–Kier alpha value is -0.450. The van der Waals surface area contributed by atoms with E-state index in [1.54, 1.807) is 0 Å². The third-order valence-electron chi connectivity index (χ3n) is 1.62. The number of hydrogen-bond acceptors (Lipinski definition) is 4. The van der Waals surface area contributed by atoms with Crippen molar-refractivity contribution in [2.45, 2.75) is 13.0 Å². The molecule has 4 nitrogen and oxygen atoms in total. The monoisotopic (exact) mass is 174 g/mol. The van der Waals surface area contributed by atoms with Crippen LogP contribution < -0.4 is 0 Å². The molecule has 12 heavy (non-hydrogen) atoms. The van der Waals surface area contributed by atoms with Crippen LogP contribution in [-0.4, -0.2) is 44.9 Å². The molecule has 0 aromatic heterocycles. The van der Waals surface area contributed by atoms with Crippen LogP contribution in [0.25, 0.3) is 0 Å². The van der Waals surface area contributed by atoms with Crippen LogP contribution in [0.15, 0.2) is 0 Å². The first-order valence-electron chi connectivity index (χ1n) is 4.14. The lowest BCUT2D eigenvalue weighted by molar-refractivity contribution is -0.149. The van der Waals surface area contributed by atoms with Crippen molar-refractivity contribution >= 4 is 5.78 Å². The van der Waals surface area contributed by atoms with Gasteiger partial charge >= 0.3 is 0 Å². The zero-order valence-electron chi connectivity index (χ0n) is 7.25. The number of Topliss-reactive ketones (excluding diaryl/α,β-unsaturated/α-hetero) is 1. The summed E-state index contributed by atoms with van der Waals surface area (Å²) in [7, 11) is 0. The van der Waals surface area contributed by atoms with Gasteiger partial charge in [-0.15, -0.1) is 0 Å². The summed E-state index contributed by atoms with van der Waals surface area (Å²) in [5.41, 5.74) is 0. The number of ketones is 1. The Balaban J connectivity index is 2.20. The van der Waals surface area contributed by atoms with Gasteiger partial charge in [0.2, 0.25) is 0 Å². The van der Waals surface area contributed by atoms with Crippen molar-refractivity contribution in [2.24, 2.45) is 0 Å². The zero-order valence-corrected chi connectivity index (χ0v) is 7.25. The second-order valence-electron chi connectivity index (χ2n) is 2.54. The largest absolute Gasteiger partial charge is 0.376 e. The van der Waals surface area contributed by atoms with Crippen LogP contribution in [-0.2, 0) is 19.0 Å². The van der Waals surface area contributed by atoms with Gasteiger partial charge in [-0.3, -0.25) is 4.79 Å². The van der Waals surface area contributed by atoms with Crippen molar-refractivity contribution in [3.05, 3.63) is 0 Å². The predicted molar refractivity (Wildman–Crippen MR) is 42.1 cm³/mol. The molecule has 0 aliphatic carbocycles. The molecule has 1 fully saturated rings. The first-order valence-corrected chi connectivity index (χ1v) is 4.14. The van der Waals surface area contributed by atoms with E-state index >= 15 is 0 Å². The Bertz CT molecular complexity index is 140. The molecular formula is C8H14O4. The summed E-state index contributed by atoms with van der Waals surface area (Å²) < 4.78 is 15.2. The molecule has 0 saturated carbocycles. The SMILES string of the molecule is CCOCC(=O)C1COCCO1. The number of hydrogen-bond donors (Lipinski definition) is 0. The minimum atomic E-state index is -0.412. The number of carbonyl (C=O) groups is 1. The van der Waals surface area contributed by atoms with Crippen LogP contribution in [0.1, 0.15) is 6.92 Å². The smallest absolute Gasteiger partial charge is 0.189 e. The predicted octanol–water partition coefficient (Wildman–Crippen LogP) is 0.00740. The van der Waals surface area contributed by atoms with Crippen molar-refractivity contribution in [3.8, 4) is 0 Å². The Kier molecular flexibility index (Phi) is 4.21. The molecule has 1 atom stereocenters. The fourth-order valence-electron chi connectivity index (χ4n) is 0.969. The van der Waals surface area contributed by atoms with E-state index < -0.39 is 6.10 Å². The highest BCUT2D eigenvalue weighted by molar-refractivity contribution is 5.84. The van der Waals surface area contributed by atoms with Crippen LogP contribution in [0.2, 0.25) is 0 Å². The van der Waals surface area contributed by atoms with E-state index in [1.165, 1.54) is 0 Å². The first kappa shape index (κ1) is 9.64. The van der Waals surface area contributed by atoms with Crippen molar-refractivity contribution in [2.75, 3.05) is 33.0 Å². The molecular weight excluding hydrogens is 160 g/mol. The van der Waals surface area contributed by atoms with E-state index in [4.69, 9.17) is 14.2 Å². The average molecular weight is 174 g/mol. The molecule has 0 spiro atoms. The van der Waals surface area contributed by atoms with Gasteiger partial charge in [0.05, 0.1) is 19.8 Å². The van der Waals surface area contributed by atoms with Gasteiger partial charge in [0.1, 0.15) is 12.7 Å². The van der Waals surface area contributed by atoms with Gasteiger partial charge in [-0.2, -0.15) is 0 Å². The molecule has 70 valence electrons. The van der Waals surface area contributed by atoms with E-state index in [0.29, 0.717) is 26.4 Å². The fraction of sp³-hybridized carbons (Fsp3) is 0.875. The van der Waals surface area contributed by atoms with Gasteiger partial charge in [-0.05, 0) is 6.92 Å². The van der Waals surface area contributed by atoms with E-state index in [2.05, 4.69) is 0 Å². The molecule has 0 bridgehead atoms. The Morgan fingerprint density at radius 2 is 2.42 bits per heavy atom. The van der Waals surface area contributed by atoms with Gasteiger partial charge in [-0.1, -0.05) is 0 Å². The molecule has 0 radical (unpaired) electrons. The molecule has 1 aliphatic rings. The lowest BCUT2D eigenvalue weighted by atomic mass is 10.2. The third kappa shape index (κ3) is 2.89. The van der Waals surface area contributed by atoms with E-state index in [0.717, 1.165) is 0 Å². The van der Waals surface area contributed by atoms with Gasteiger partial charge < -0.3 is 14.2 Å². The highest BCUT2D eigenvalue weighted by Gasteiger charge is 2.21. The lowest BCUT2D eigenvalue weighted by Crippen LogP contribution is -2.37. The quantitative estimate of drug-likeness (QED) is 0.602. The molecule has 1 rings (SSSR count). The topological polar surface area (TPSA) is 44.8 Å². The highest BCUT2D eigenvalue weighted by Crippen LogP contribution is 2.01. The summed E-state index contributed by atoms with van der Waals surface area (Å²) in [6, 6.07) is 0. The molecule has 1 unspecified atom stereocenters. The number of carbonyl (C=O) groups excluding carboxylic acids is 1. The van der Waals surface area contributed by atoms with Crippen LogP contribution in [0.5, 0.6) is 0 Å². The van der Waals surface area contributed by atoms with Crippen molar-refractivity contribution in [3.63, 3.8) is 0 Å². The maximum Gasteiger partial charge on any atom is 0.189 e. The van der Waals surface area contributed by atoms with Gasteiger partial charge in [-0.25, -0.2) is 0 Å². The lowest BCUT2D eigenvalue weighted by Gasteiger charge is -2.21. The molecule has 0 aromatic carbocycles. The van der Waals surface area contributed by atoms with Crippen LogP contribution in [0, 0.1) is 0 Å². The number of rotatable bonds is 4. The number of ether oxygens (including phenoxy) is 3. The first-order chi connectivity index (χ1) is 5.84. The van der Waals surface area contributed by atoms with E-state index in [9.17, 15) is 4.79 Å². The van der Waals surface area contributed by atoms with E-state index in [-0.39, 0.29) is 12.4 Å². The minimum Gasteiger partial charge on any atom is -0.376 e. The normalized spacial score (nSPS) is 23.9. The summed E-state index contributed by atoms with van der Waals surface area (Å²) in [5, 5.41) is 0. The molecule has 1 aliphatic heterocycles. The summed E-state index contributed by atoms with van der Waals surface area (Å²) in [6.07, 6.45) is -0.412. The molecule has 0 amide bonds. The maximum atomic E-state index is 11.2. The highest BCUT2D eigenvalue weighted by atomic mass is 16.6. The van der Waals surface area contributed by atoms with Crippen molar-refractivity contribution in [1.82, 2.24) is 0 Å². The fourth-order valence-corrected chi connectivity index (χ4v) is 0.969. The van der Waals surface area contributed by atoms with Gasteiger partial charge in [0.25, 0.3) is 0 Å². The molecule has 4 heteroatoms. The maximum absolute atomic E-state index is 11.2. The summed E-state index contributed by atoms with van der Waals surface area (Å²) in [4.78, 5) is 11.2. The Labute approximate surface area is 71.8 Å². The molecule has 1 heterocycles. The average Bonchev–Trinajstić information content (AvgIpc) is 2.15. The van der Waals surface area contributed by atoms with Crippen LogP contribution >= 0.6 is 0 Å². The third-order valence-corrected chi connectivity index (χ3v) is 1.62. The minimum absolute atomic E-state index is 0.0310. The summed E-state index contributed by atoms with van der Waals surface area (Å²) in [6.45, 7) is 3.99. The van der Waals surface area contributed by atoms with Gasteiger partial charge in [0, 0.05) is 6.61 Å². The molecule has 0 N–H and O–H groups in total. The Morgan fingerprint density at radius 3 is 3.00 bits per heavy atom. The molecule has 0 aromatic rings. The summed E-state index contributed by atoms with van der Waals surface area (Å²) >= 11 is 0.